The van der Waals surface area contributed by atoms with Gasteiger partial charge < -0.3 is 10.2 Å². The molecule has 4 heteroatoms. The zero-order valence-corrected chi connectivity index (χ0v) is 15.4. The van der Waals surface area contributed by atoms with E-state index in [-0.39, 0.29) is 5.54 Å². The Hall–Kier alpha value is -2.10. The molecule has 4 nitrogen and oxygen atoms in total. The molecule has 24 heavy (non-hydrogen) atoms. The van der Waals surface area contributed by atoms with Gasteiger partial charge in [0.15, 0.2) is 0 Å². The molecule has 1 aromatic heterocycles. The minimum absolute atomic E-state index is 0.0305. The summed E-state index contributed by atoms with van der Waals surface area (Å²) in [5, 5.41) is 3.48. The van der Waals surface area contributed by atoms with E-state index in [0.717, 1.165) is 36.8 Å². The van der Waals surface area contributed by atoms with Crippen LogP contribution in [0.3, 0.4) is 0 Å². The van der Waals surface area contributed by atoms with Crippen LogP contribution in [0.4, 0.5) is 11.6 Å². The molecule has 0 saturated heterocycles. The van der Waals surface area contributed by atoms with Gasteiger partial charge in [-0.15, -0.1) is 0 Å². The van der Waals surface area contributed by atoms with Gasteiger partial charge in [0.05, 0.1) is 0 Å². The summed E-state index contributed by atoms with van der Waals surface area (Å²) in [5.41, 5.74) is 2.87. The Labute approximate surface area is 145 Å². The highest BCUT2D eigenvalue weighted by molar-refractivity contribution is 5.54. The summed E-state index contributed by atoms with van der Waals surface area (Å²) >= 11 is 0. The highest BCUT2D eigenvalue weighted by Gasteiger charge is 2.33. The van der Waals surface area contributed by atoms with Crippen LogP contribution in [0.2, 0.25) is 0 Å². The summed E-state index contributed by atoms with van der Waals surface area (Å²) in [6, 6.07) is 11.2. The van der Waals surface area contributed by atoms with Gasteiger partial charge in [0.2, 0.25) is 0 Å². The monoisotopic (exact) mass is 324 g/mol. The van der Waals surface area contributed by atoms with E-state index in [1.807, 2.05) is 6.92 Å². The molecule has 0 unspecified atom stereocenters. The summed E-state index contributed by atoms with van der Waals surface area (Å²) in [6.45, 7) is 11.8. The van der Waals surface area contributed by atoms with Crippen LogP contribution in [-0.4, -0.2) is 21.5 Å². The van der Waals surface area contributed by atoms with Gasteiger partial charge in [-0.3, -0.25) is 0 Å². The van der Waals surface area contributed by atoms with Gasteiger partial charge in [-0.1, -0.05) is 31.2 Å². The Morgan fingerprint density at radius 2 is 1.92 bits per heavy atom. The predicted molar refractivity (Wildman–Crippen MR) is 101 cm³/mol. The smallest absolute Gasteiger partial charge is 0.135 e. The van der Waals surface area contributed by atoms with E-state index in [1.54, 1.807) is 0 Å². The number of nitrogens with zero attached hydrogens (tertiary/aromatic N) is 3. The second-order valence-corrected chi connectivity index (χ2v) is 7.46. The maximum Gasteiger partial charge on any atom is 0.135 e. The molecular formula is C20H28N4. The second-order valence-electron chi connectivity index (χ2n) is 7.46. The van der Waals surface area contributed by atoms with Crippen molar-refractivity contribution >= 4 is 11.6 Å². The number of aryl methyl sites for hydroxylation is 1. The van der Waals surface area contributed by atoms with Crippen molar-refractivity contribution in [2.45, 2.75) is 65.6 Å². The number of fused-ring (bicyclic) bond motifs is 1. The van der Waals surface area contributed by atoms with Crippen LogP contribution in [0.15, 0.2) is 30.3 Å². The molecule has 3 rings (SSSR count). The third-order valence-electron chi connectivity index (χ3n) is 4.91. The Kier molecular flexibility index (Phi) is 4.48. The number of nitrogens with one attached hydrogen (secondary N) is 1. The van der Waals surface area contributed by atoms with Gasteiger partial charge in [0.1, 0.15) is 17.5 Å². The summed E-state index contributed by atoms with van der Waals surface area (Å²) in [7, 11) is 0. The van der Waals surface area contributed by atoms with Gasteiger partial charge in [-0.2, -0.15) is 0 Å². The zero-order valence-electron chi connectivity index (χ0n) is 15.4. The quantitative estimate of drug-likeness (QED) is 0.908. The predicted octanol–water partition coefficient (Wildman–Crippen LogP) is 4.34. The minimum atomic E-state index is 0.0305. The highest BCUT2D eigenvalue weighted by atomic mass is 15.3. The number of aromatic nitrogens is 2. The van der Waals surface area contributed by atoms with Gasteiger partial charge in [0.25, 0.3) is 0 Å². The summed E-state index contributed by atoms with van der Waals surface area (Å²) in [5.74, 6) is 2.74. The lowest BCUT2D eigenvalue weighted by molar-refractivity contribution is 0.427. The average molecular weight is 324 g/mol. The Morgan fingerprint density at radius 1 is 1.21 bits per heavy atom. The summed E-state index contributed by atoms with van der Waals surface area (Å²) in [4.78, 5) is 11.7. The molecule has 1 aliphatic heterocycles. The lowest BCUT2D eigenvalue weighted by Gasteiger charge is -2.44. The molecule has 128 valence electrons. The number of anilines is 2. The third-order valence-corrected chi connectivity index (χ3v) is 4.91. The molecule has 2 aromatic rings. The van der Waals surface area contributed by atoms with Crippen molar-refractivity contribution in [3.05, 3.63) is 47.3 Å². The fraction of sp³-hybridized carbons (Fsp3) is 0.500. The molecule has 0 aliphatic carbocycles. The van der Waals surface area contributed by atoms with Crippen molar-refractivity contribution in [1.82, 2.24) is 9.97 Å². The molecule has 0 saturated carbocycles. The Morgan fingerprint density at radius 3 is 2.62 bits per heavy atom. The molecule has 0 spiro atoms. The van der Waals surface area contributed by atoms with E-state index in [4.69, 9.17) is 4.98 Å². The zero-order chi connectivity index (χ0) is 17.3. The van der Waals surface area contributed by atoms with Crippen LogP contribution in [0, 0.1) is 6.92 Å². The van der Waals surface area contributed by atoms with Gasteiger partial charge >= 0.3 is 0 Å². The van der Waals surface area contributed by atoms with Gasteiger partial charge in [-0.25, -0.2) is 9.97 Å². The third kappa shape index (κ3) is 3.37. The van der Waals surface area contributed by atoms with Crippen molar-refractivity contribution < 1.29 is 0 Å². The van der Waals surface area contributed by atoms with Crippen LogP contribution in [-0.2, 0) is 13.0 Å². The molecule has 0 fully saturated rings. The SMILES string of the molecule is CC[C@@H](C)Nc1cc(N2Cc3ccccc3CC2(C)C)nc(C)n1. The first kappa shape index (κ1) is 16.7. The lowest BCUT2D eigenvalue weighted by Crippen LogP contribution is -2.49. The maximum absolute atomic E-state index is 4.73. The van der Waals surface area contributed by atoms with E-state index < -0.39 is 0 Å². The molecule has 1 aliphatic rings. The van der Waals surface area contributed by atoms with E-state index in [2.05, 4.69) is 73.2 Å². The minimum Gasteiger partial charge on any atom is -0.367 e. The van der Waals surface area contributed by atoms with Crippen molar-refractivity contribution in [2.24, 2.45) is 0 Å². The van der Waals surface area contributed by atoms with Crippen molar-refractivity contribution in [3.8, 4) is 0 Å². The highest BCUT2D eigenvalue weighted by Crippen LogP contribution is 2.34. The van der Waals surface area contributed by atoms with Crippen molar-refractivity contribution in [3.63, 3.8) is 0 Å². The van der Waals surface area contributed by atoms with Crippen LogP contribution >= 0.6 is 0 Å². The van der Waals surface area contributed by atoms with E-state index in [9.17, 15) is 0 Å². The number of benzene rings is 1. The molecule has 0 bridgehead atoms. The number of hydrogen-bond donors (Lipinski definition) is 1. The van der Waals surface area contributed by atoms with Crippen LogP contribution in [0.1, 0.15) is 51.1 Å². The van der Waals surface area contributed by atoms with Crippen molar-refractivity contribution in [1.29, 1.82) is 0 Å². The summed E-state index contributed by atoms with van der Waals surface area (Å²) in [6.07, 6.45) is 2.10. The maximum atomic E-state index is 4.73. The molecule has 1 N–H and O–H groups in total. The number of hydrogen-bond acceptors (Lipinski definition) is 4. The Bertz CT molecular complexity index is 723. The molecule has 0 amide bonds. The molecular weight excluding hydrogens is 296 g/mol. The molecule has 2 heterocycles. The van der Waals surface area contributed by atoms with Crippen molar-refractivity contribution in [2.75, 3.05) is 10.2 Å². The van der Waals surface area contributed by atoms with E-state index in [1.165, 1.54) is 11.1 Å². The van der Waals surface area contributed by atoms with Crippen LogP contribution in [0.25, 0.3) is 0 Å². The first-order valence-corrected chi connectivity index (χ1v) is 8.85. The van der Waals surface area contributed by atoms with E-state index in [0.29, 0.717) is 6.04 Å². The second kappa shape index (κ2) is 6.42. The standard InChI is InChI=1S/C20H28N4/c1-6-14(2)21-18-11-19(23-15(3)22-18)24-13-17-10-8-7-9-16(17)12-20(24,4)5/h7-11,14H,6,12-13H2,1-5H3,(H,21,22,23)/t14-/m1/s1. The normalized spacial score (nSPS) is 17.3. The fourth-order valence-corrected chi connectivity index (χ4v) is 3.34. The van der Waals surface area contributed by atoms with E-state index >= 15 is 0 Å². The lowest BCUT2D eigenvalue weighted by atomic mass is 9.85. The molecule has 1 atom stereocenters. The summed E-state index contributed by atoms with van der Waals surface area (Å²) < 4.78 is 0. The number of rotatable bonds is 4. The first-order valence-electron chi connectivity index (χ1n) is 8.85. The molecule has 0 radical (unpaired) electrons. The molecule has 1 aromatic carbocycles. The largest absolute Gasteiger partial charge is 0.367 e. The van der Waals surface area contributed by atoms with Crippen LogP contribution in [0.5, 0.6) is 0 Å². The average Bonchev–Trinajstić information content (AvgIpc) is 2.52. The Balaban J connectivity index is 1.96. The fourth-order valence-electron chi connectivity index (χ4n) is 3.34. The van der Waals surface area contributed by atoms with Crippen LogP contribution < -0.4 is 10.2 Å². The topological polar surface area (TPSA) is 41.0 Å². The first-order chi connectivity index (χ1) is 11.4. The van der Waals surface area contributed by atoms with Gasteiger partial charge in [-0.05, 0) is 51.7 Å². The van der Waals surface area contributed by atoms with Gasteiger partial charge in [0, 0.05) is 24.2 Å².